The molecule has 186 valence electrons. The van der Waals surface area contributed by atoms with Crippen LogP contribution in [0.15, 0.2) is 42.5 Å². The molecule has 2 atom stereocenters. The van der Waals surface area contributed by atoms with Gasteiger partial charge in [0.05, 0.1) is 19.1 Å². The quantitative estimate of drug-likeness (QED) is 0.397. The molecule has 34 heavy (non-hydrogen) atoms. The SMILES string of the molecule is C[C@H](Cc1cccc(CC(=O)N(C)C2CCCCCC2)c1)NC[C@@H](O)c1ccc(O)c(CO)c1. The largest absolute Gasteiger partial charge is 0.508 e. The molecule has 0 radical (unpaired) electrons. The van der Waals surface area contributed by atoms with Gasteiger partial charge in [-0.25, -0.2) is 0 Å². The highest BCUT2D eigenvalue weighted by molar-refractivity contribution is 5.78. The Balaban J connectivity index is 1.50. The predicted molar refractivity (Wildman–Crippen MR) is 135 cm³/mol. The second-order valence-corrected chi connectivity index (χ2v) is 9.72. The molecule has 6 nitrogen and oxygen atoms in total. The number of phenols is 1. The highest BCUT2D eigenvalue weighted by Gasteiger charge is 2.21. The van der Waals surface area contributed by atoms with Crippen LogP contribution in [0, 0.1) is 0 Å². The lowest BCUT2D eigenvalue weighted by Crippen LogP contribution is -2.37. The summed E-state index contributed by atoms with van der Waals surface area (Å²) in [4.78, 5) is 14.9. The number of likely N-dealkylation sites (N-methyl/N-ethyl adjacent to an activating group) is 1. The van der Waals surface area contributed by atoms with Crippen LogP contribution < -0.4 is 5.32 Å². The number of aliphatic hydroxyl groups excluding tert-OH is 2. The summed E-state index contributed by atoms with van der Waals surface area (Å²) < 4.78 is 0. The Morgan fingerprint density at radius 1 is 1.09 bits per heavy atom. The van der Waals surface area contributed by atoms with E-state index in [9.17, 15) is 20.1 Å². The fraction of sp³-hybridized carbons (Fsp3) is 0.536. The Morgan fingerprint density at radius 2 is 1.79 bits per heavy atom. The Labute approximate surface area is 203 Å². The van der Waals surface area contributed by atoms with Gasteiger partial charge in [-0.05, 0) is 55.0 Å². The van der Waals surface area contributed by atoms with Crippen LogP contribution >= 0.6 is 0 Å². The number of amides is 1. The molecule has 0 unspecified atom stereocenters. The average Bonchev–Trinajstić information content (AvgIpc) is 3.12. The zero-order chi connectivity index (χ0) is 24.5. The molecule has 0 aliphatic heterocycles. The lowest BCUT2D eigenvalue weighted by atomic mass is 10.0. The van der Waals surface area contributed by atoms with Gasteiger partial charge >= 0.3 is 0 Å². The molecule has 1 aliphatic rings. The van der Waals surface area contributed by atoms with Crippen LogP contribution in [0.2, 0.25) is 0 Å². The molecule has 1 aliphatic carbocycles. The molecule has 0 bridgehead atoms. The minimum absolute atomic E-state index is 0.0265. The van der Waals surface area contributed by atoms with E-state index in [-0.39, 0.29) is 24.3 Å². The van der Waals surface area contributed by atoms with Crippen LogP contribution in [0.25, 0.3) is 0 Å². The molecule has 4 N–H and O–H groups in total. The van der Waals surface area contributed by atoms with Crippen molar-refractivity contribution in [2.24, 2.45) is 0 Å². The van der Waals surface area contributed by atoms with Crippen molar-refractivity contribution in [2.75, 3.05) is 13.6 Å². The summed E-state index contributed by atoms with van der Waals surface area (Å²) >= 11 is 0. The Hall–Kier alpha value is -2.41. The number of rotatable bonds is 10. The number of benzene rings is 2. The number of carbonyl (C=O) groups excluding carboxylic acids is 1. The summed E-state index contributed by atoms with van der Waals surface area (Å²) in [6, 6.07) is 13.5. The summed E-state index contributed by atoms with van der Waals surface area (Å²) in [7, 11) is 1.96. The highest BCUT2D eigenvalue weighted by atomic mass is 16.3. The van der Waals surface area contributed by atoms with E-state index in [0.29, 0.717) is 30.1 Å². The van der Waals surface area contributed by atoms with Gasteiger partial charge in [-0.2, -0.15) is 0 Å². The fourth-order valence-electron chi connectivity index (χ4n) is 4.81. The van der Waals surface area contributed by atoms with E-state index in [1.807, 2.05) is 24.1 Å². The van der Waals surface area contributed by atoms with Crippen molar-refractivity contribution in [1.29, 1.82) is 0 Å². The number of aliphatic hydroxyl groups is 2. The Kier molecular flexibility index (Phi) is 9.93. The maximum absolute atomic E-state index is 12.9. The topological polar surface area (TPSA) is 93.0 Å². The zero-order valence-electron chi connectivity index (χ0n) is 20.5. The van der Waals surface area contributed by atoms with Gasteiger partial charge in [0, 0.05) is 31.2 Å². The van der Waals surface area contributed by atoms with Crippen LogP contribution in [0.1, 0.15) is 73.8 Å². The second kappa shape index (κ2) is 12.9. The number of carbonyl (C=O) groups is 1. The number of nitrogens with zero attached hydrogens (tertiary/aromatic N) is 1. The van der Waals surface area contributed by atoms with Crippen LogP contribution in [0.4, 0.5) is 0 Å². The lowest BCUT2D eigenvalue weighted by molar-refractivity contribution is -0.131. The molecule has 1 amide bonds. The monoisotopic (exact) mass is 468 g/mol. The number of nitrogens with one attached hydrogen (secondary N) is 1. The molecule has 0 spiro atoms. The van der Waals surface area contributed by atoms with Crippen molar-refractivity contribution in [2.45, 2.75) is 83.1 Å². The smallest absolute Gasteiger partial charge is 0.226 e. The summed E-state index contributed by atoms with van der Waals surface area (Å²) in [6.07, 6.45) is 7.69. The molecular formula is C28H40N2O4. The van der Waals surface area contributed by atoms with Gasteiger partial charge in [0.1, 0.15) is 5.75 Å². The van der Waals surface area contributed by atoms with E-state index < -0.39 is 6.10 Å². The molecule has 2 aromatic rings. The van der Waals surface area contributed by atoms with Crippen molar-refractivity contribution < 1.29 is 20.1 Å². The third-order valence-electron chi connectivity index (χ3n) is 6.97. The second-order valence-electron chi connectivity index (χ2n) is 9.72. The first-order chi connectivity index (χ1) is 16.4. The molecule has 2 aromatic carbocycles. The first kappa shape index (κ1) is 26.2. The summed E-state index contributed by atoms with van der Waals surface area (Å²) in [5.74, 6) is 0.216. The first-order valence-corrected chi connectivity index (χ1v) is 12.5. The van der Waals surface area contributed by atoms with Gasteiger partial charge in [0.2, 0.25) is 5.91 Å². The molecule has 0 heterocycles. The van der Waals surface area contributed by atoms with E-state index in [1.54, 1.807) is 12.1 Å². The number of hydrogen-bond donors (Lipinski definition) is 4. The van der Waals surface area contributed by atoms with Gasteiger partial charge in [0.15, 0.2) is 0 Å². The third kappa shape index (κ3) is 7.55. The van der Waals surface area contributed by atoms with Crippen molar-refractivity contribution in [3.63, 3.8) is 0 Å². The molecular weight excluding hydrogens is 428 g/mol. The van der Waals surface area contributed by atoms with Crippen LogP contribution in [-0.2, 0) is 24.2 Å². The number of aromatic hydroxyl groups is 1. The number of hydrogen-bond acceptors (Lipinski definition) is 5. The van der Waals surface area contributed by atoms with E-state index in [2.05, 4.69) is 24.4 Å². The standard InChI is InChI=1S/C28H40N2O4/c1-20(29-18-27(33)23-12-13-26(32)24(17-23)19-31)14-21-8-7-9-22(15-21)16-28(34)30(2)25-10-5-3-4-6-11-25/h7-9,12-13,15,17,20,25,27,29,31-33H,3-6,10-11,14,16,18-19H2,1-2H3/t20-,27-/m1/s1. The van der Waals surface area contributed by atoms with E-state index in [0.717, 1.165) is 30.4 Å². The normalized spacial score (nSPS) is 16.6. The molecule has 1 fully saturated rings. The lowest BCUT2D eigenvalue weighted by Gasteiger charge is -2.27. The van der Waals surface area contributed by atoms with Gasteiger partial charge in [-0.3, -0.25) is 4.79 Å². The Bertz CT molecular complexity index is 924. The zero-order valence-corrected chi connectivity index (χ0v) is 20.5. The van der Waals surface area contributed by atoms with Crippen LogP contribution in [0.5, 0.6) is 5.75 Å². The van der Waals surface area contributed by atoms with E-state index in [4.69, 9.17) is 0 Å². The highest BCUT2D eigenvalue weighted by Crippen LogP contribution is 2.23. The summed E-state index contributed by atoms with van der Waals surface area (Å²) in [5.41, 5.74) is 3.25. The summed E-state index contributed by atoms with van der Waals surface area (Å²) in [6.45, 7) is 2.16. The van der Waals surface area contributed by atoms with Crippen molar-refractivity contribution in [1.82, 2.24) is 10.2 Å². The van der Waals surface area contributed by atoms with Gasteiger partial charge < -0.3 is 25.5 Å². The van der Waals surface area contributed by atoms with E-state index in [1.165, 1.54) is 31.7 Å². The Morgan fingerprint density at radius 3 is 2.50 bits per heavy atom. The molecule has 3 rings (SSSR count). The van der Waals surface area contributed by atoms with Crippen molar-refractivity contribution >= 4 is 5.91 Å². The molecule has 0 saturated heterocycles. The van der Waals surface area contributed by atoms with Gasteiger partial charge in [-0.1, -0.05) is 56.0 Å². The minimum atomic E-state index is -0.739. The fourth-order valence-corrected chi connectivity index (χ4v) is 4.81. The minimum Gasteiger partial charge on any atom is -0.508 e. The molecule has 6 heteroatoms. The molecule has 0 aromatic heterocycles. The van der Waals surface area contributed by atoms with Crippen LogP contribution in [-0.4, -0.2) is 51.8 Å². The average molecular weight is 469 g/mol. The van der Waals surface area contributed by atoms with Crippen molar-refractivity contribution in [3.8, 4) is 5.75 Å². The van der Waals surface area contributed by atoms with Crippen molar-refractivity contribution in [3.05, 3.63) is 64.7 Å². The van der Waals surface area contributed by atoms with Gasteiger partial charge in [-0.15, -0.1) is 0 Å². The summed E-state index contributed by atoms with van der Waals surface area (Å²) in [5, 5.41) is 32.9. The maximum Gasteiger partial charge on any atom is 0.226 e. The predicted octanol–water partition coefficient (Wildman–Crippen LogP) is 3.86. The maximum atomic E-state index is 12.9. The van der Waals surface area contributed by atoms with E-state index >= 15 is 0 Å². The first-order valence-electron chi connectivity index (χ1n) is 12.5. The molecule has 1 saturated carbocycles. The third-order valence-corrected chi connectivity index (χ3v) is 6.97. The van der Waals surface area contributed by atoms with Gasteiger partial charge in [0.25, 0.3) is 0 Å². The van der Waals surface area contributed by atoms with Crippen LogP contribution in [0.3, 0.4) is 0 Å².